The lowest BCUT2D eigenvalue weighted by Crippen LogP contribution is -2.34. The van der Waals surface area contributed by atoms with Crippen LogP contribution in [0.25, 0.3) is 0 Å². The minimum atomic E-state index is 0.0288. The summed E-state index contributed by atoms with van der Waals surface area (Å²) in [5.41, 5.74) is 9.91. The lowest BCUT2D eigenvalue weighted by atomic mass is 9.98. The third-order valence-electron chi connectivity index (χ3n) is 3.94. The first kappa shape index (κ1) is 16.1. The fourth-order valence-corrected chi connectivity index (χ4v) is 2.75. The van der Waals surface area contributed by atoms with Crippen LogP contribution in [0.1, 0.15) is 50.2 Å². The van der Waals surface area contributed by atoms with E-state index in [1.165, 1.54) is 5.69 Å². The molecule has 0 fully saturated rings. The van der Waals surface area contributed by atoms with Crippen LogP contribution in [-0.2, 0) is 12.8 Å². The minimum absolute atomic E-state index is 0.0288. The van der Waals surface area contributed by atoms with Gasteiger partial charge in [-0.2, -0.15) is 5.10 Å². The average molecular weight is 306 g/mol. The van der Waals surface area contributed by atoms with Crippen molar-refractivity contribution in [1.82, 2.24) is 9.78 Å². The van der Waals surface area contributed by atoms with Crippen LogP contribution in [0.3, 0.4) is 0 Å². The molecule has 2 unspecified atom stereocenters. The third-order valence-corrected chi connectivity index (χ3v) is 4.19. The van der Waals surface area contributed by atoms with Crippen LogP contribution in [0, 0.1) is 0 Å². The molecule has 0 radical (unpaired) electrons. The van der Waals surface area contributed by atoms with Crippen LogP contribution in [0.15, 0.2) is 30.3 Å². The fraction of sp³-hybridized carbons (Fsp3) is 0.471. The SMILES string of the molecule is CCc1cc(CC)n(C(c2ccc(Cl)cc2)C(N)CC)n1. The summed E-state index contributed by atoms with van der Waals surface area (Å²) in [6.45, 7) is 6.40. The summed E-state index contributed by atoms with van der Waals surface area (Å²) in [4.78, 5) is 0. The quantitative estimate of drug-likeness (QED) is 0.877. The highest BCUT2D eigenvalue weighted by molar-refractivity contribution is 6.30. The van der Waals surface area contributed by atoms with Gasteiger partial charge in [0.2, 0.25) is 0 Å². The second-order valence-corrected chi connectivity index (χ2v) is 5.78. The molecule has 21 heavy (non-hydrogen) atoms. The molecule has 4 heteroatoms. The van der Waals surface area contributed by atoms with E-state index in [1.54, 1.807) is 0 Å². The summed E-state index contributed by atoms with van der Waals surface area (Å²) < 4.78 is 2.11. The highest BCUT2D eigenvalue weighted by atomic mass is 35.5. The summed E-state index contributed by atoms with van der Waals surface area (Å²) in [6.07, 6.45) is 2.79. The Balaban J connectivity index is 2.49. The zero-order chi connectivity index (χ0) is 15.4. The first-order valence-electron chi connectivity index (χ1n) is 7.69. The van der Waals surface area contributed by atoms with E-state index in [1.807, 2.05) is 12.1 Å². The number of nitrogens with zero attached hydrogens (tertiary/aromatic N) is 2. The van der Waals surface area contributed by atoms with Crippen LogP contribution in [0.5, 0.6) is 0 Å². The molecule has 0 aliphatic heterocycles. The van der Waals surface area contributed by atoms with Gasteiger partial charge in [-0.3, -0.25) is 4.68 Å². The van der Waals surface area contributed by atoms with Crippen molar-refractivity contribution >= 4 is 11.6 Å². The molecule has 1 aromatic heterocycles. The Morgan fingerprint density at radius 1 is 1.14 bits per heavy atom. The first-order valence-corrected chi connectivity index (χ1v) is 8.06. The summed E-state index contributed by atoms with van der Waals surface area (Å²) in [5.74, 6) is 0. The molecule has 0 amide bonds. The third kappa shape index (κ3) is 3.47. The Labute approximate surface area is 132 Å². The summed E-state index contributed by atoms with van der Waals surface area (Å²) in [5, 5.41) is 5.51. The highest BCUT2D eigenvalue weighted by Crippen LogP contribution is 2.26. The van der Waals surface area contributed by atoms with Crippen LogP contribution in [-0.4, -0.2) is 15.8 Å². The number of aryl methyl sites for hydroxylation is 2. The van der Waals surface area contributed by atoms with Gasteiger partial charge in [0.25, 0.3) is 0 Å². The summed E-state index contributed by atoms with van der Waals surface area (Å²) in [7, 11) is 0. The largest absolute Gasteiger partial charge is 0.326 e. The predicted octanol–water partition coefficient (Wildman–Crippen LogP) is 3.99. The van der Waals surface area contributed by atoms with Gasteiger partial charge in [-0.25, -0.2) is 0 Å². The van der Waals surface area contributed by atoms with Gasteiger partial charge in [0.05, 0.1) is 11.7 Å². The number of halogens is 1. The van der Waals surface area contributed by atoms with E-state index in [4.69, 9.17) is 22.4 Å². The molecule has 2 aromatic rings. The normalized spacial score (nSPS) is 14.1. The van der Waals surface area contributed by atoms with Gasteiger partial charge in [0, 0.05) is 16.8 Å². The Morgan fingerprint density at radius 3 is 2.33 bits per heavy atom. The molecule has 0 spiro atoms. The van der Waals surface area contributed by atoms with Crippen molar-refractivity contribution in [3.8, 4) is 0 Å². The minimum Gasteiger partial charge on any atom is -0.326 e. The van der Waals surface area contributed by atoms with Gasteiger partial charge in [-0.15, -0.1) is 0 Å². The molecule has 0 aliphatic rings. The van der Waals surface area contributed by atoms with Crippen molar-refractivity contribution in [3.05, 3.63) is 52.3 Å². The maximum absolute atomic E-state index is 6.40. The van der Waals surface area contributed by atoms with Gasteiger partial charge in [-0.1, -0.05) is 44.5 Å². The summed E-state index contributed by atoms with van der Waals surface area (Å²) in [6, 6.07) is 10.2. The second kappa shape index (κ2) is 7.10. The van der Waals surface area contributed by atoms with Gasteiger partial charge in [-0.05, 0) is 43.0 Å². The molecule has 3 nitrogen and oxygen atoms in total. The molecule has 2 N–H and O–H groups in total. The lowest BCUT2D eigenvalue weighted by Gasteiger charge is -2.26. The van der Waals surface area contributed by atoms with Crippen LogP contribution < -0.4 is 5.73 Å². The van der Waals surface area contributed by atoms with Gasteiger partial charge in [0.1, 0.15) is 0 Å². The van der Waals surface area contributed by atoms with Gasteiger partial charge >= 0.3 is 0 Å². The lowest BCUT2D eigenvalue weighted by molar-refractivity contribution is 0.411. The number of nitrogens with two attached hydrogens (primary N) is 1. The Morgan fingerprint density at radius 2 is 1.81 bits per heavy atom. The number of hydrogen-bond acceptors (Lipinski definition) is 2. The number of aromatic nitrogens is 2. The van der Waals surface area contributed by atoms with Gasteiger partial charge < -0.3 is 5.73 Å². The Hall–Kier alpha value is -1.32. The van der Waals surface area contributed by atoms with Crippen molar-refractivity contribution in [3.63, 3.8) is 0 Å². The van der Waals surface area contributed by atoms with E-state index >= 15 is 0 Å². The number of benzene rings is 1. The molecule has 1 heterocycles. The van der Waals surface area contributed by atoms with E-state index in [-0.39, 0.29) is 12.1 Å². The smallest absolute Gasteiger partial charge is 0.0922 e. The summed E-state index contributed by atoms with van der Waals surface area (Å²) >= 11 is 6.01. The maximum Gasteiger partial charge on any atom is 0.0922 e. The second-order valence-electron chi connectivity index (χ2n) is 5.35. The first-order chi connectivity index (χ1) is 10.1. The van der Waals surface area contributed by atoms with E-state index in [2.05, 4.69) is 43.7 Å². The Kier molecular flexibility index (Phi) is 5.43. The molecule has 2 rings (SSSR count). The van der Waals surface area contributed by atoms with Crippen molar-refractivity contribution in [2.75, 3.05) is 0 Å². The highest BCUT2D eigenvalue weighted by Gasteiger charge is 2.23. The molecule has 0 bridgehead atoms. The molecule has 114 valence electrons. The van der Waals surface area contributed by atoms with E-state index in [0.29, 0.717) is 0 Å². The Bertz CT molecular complexity index is 574. The molecular formula is C17H24ClN3. The van der Waals surface area contributed by atoms with Crippen molar-refractivity contribution in [1.29, 1.82) is 0 Å². The maximum atomic E-state index is 6.40. The van der Waals surface area contributed by atoms with Crippen LogP contribution >= 0.6 is 11.6 Å². The van der Waals surface area contributed by atoms with E-state index < -0.39 is 0 Å². The molecule has 0 aliphatic carbocycles. The molecule has 0 saturated heterocycles. The van der Waals surface area contributed by atoms with Crippen molar-refractivity contribution in [2.45, 2.75) is 52.1 Å². The molecule has 2 atom stereocenters. The van der Waals surface area contributed by atoms with E-state index in [9.17, 15) is 0 Å². The number of hydrogen-bond donors (Lipinski definition) is 1. The monoisotopic (exact) mass is 305 g/mol. The molecular weight excluding hydrogens is 282 g/mol. The predicted molar refractivity (Wildman–Crippen MR) is 88.8 cm³/mol. The van der Waals surface area contributed by atoms with Crippen LogP contribution in [0.4, 0.5) is 0 Å². The standard InChI is InChI=1S/C17H24ClN3/c1-4-14-11-15(5-2)21(20-14)17(16(19)6-3)12-7-9-13(18)10-8-12/h7-11,16-17H,4-6,19H2,1-3H3. The zero-order valence-corrected chi connectivity index (χ0v) is 13.8. The fourth-order valence-electron chi connectivity index (χ4n) is 2.62. The van der Waals surface area contributed by atoms with Crippen molar-refractivity contribution in [2.24, 2.45) is 5.73 Å². The number of rotatable bonds is 6. The zero-order valence-electron chi connectivity index (χ0n) is 13.0. The molecule has 0 saturated carbocycles. The average Bonchev–Trinajstić information content (AvgIpc) is 2.92. The molecule has 1 aromatic carbocycles. The van der Waals surface area contributed by atoms with E-state index in [0.717, 1.165) is 35.5 Å². The van der Waals surface area contributed by atoms with Crippen LogP contribution in [0.2, 0.25) is 5.02 Å². The van der Waals surface area contributed by atoms with Crippen molar-refractivity contribution < 1.29 is 0 Å². The van der Waals surface area contributed by atoms with Gasteiger partial charge in [0.15, 0.2) is 0 Å². The topological polar surface area (TPSA) is 43.8 Å².